The standard InChI is InChI=1S/C18H15N5O3/c24-17-7-8-18(25)23(20-17)10-9-22-12-15(19-21-22)13-4-1-2-5-14(13)16-6-3-11-26-16/h1-8,11-12H,9-10H2,(H,20,24). The van der Waals surface area contributed by atoms with Gasteiger partial charge in [-0.3, -0.25) is 19.4 Å². The number of aryl methyl sites for hydroxylation is 2. The number of hydrogen-bond acceptors (Lipinski definition) is 5. The normalized spacial score (nSPS) is 10.9. The fraction of sp³-hybridized carbons (Fsp3) is 0.111. The first-order valence-corrected chi connectivity index (χ1v) is 8.04. The third-order valence-corrected chi connectivity index (χ3v) is 3.97. The summed E-state index contributed by atoms with van der Waals surface area (Å²) in [6, 6.07) is 13.9. The molecular formula is C18H15N5O3. The van der Waals surface area contributed by atoms with Crippen LogP contribution >= 0.6 is 0 Å². The summed E-state index contributed by atoms with van der Waals surface area (Å²) in [5.41, 5.74) is 1.93. The van der Waals surface area contributed by atoms with E-state index in [1.807, 2.05) is 36.4 Å². The van der Waals surface area contributed by atoms with Crippen LogP contribution in [0.25, 0.3) is 22.6 Å². The SMILES string of the molecule is O=c1ccc(=O)n(CCn2cc(-c3ccccc3-c3ccco3)nn2)[nH]1. The number of furan rings is 1. The molecule has 0 bridgehead atoms. The van der Waals surface area contributed by atoms with E-state index in [2.05, 4.69) is 15.4 Å². The van der Waals surface area contributed by atoms with Crippen LogP contribution in [-0.2, 0) is 13.1 Å². The zero-order valence-corrected chi connectivity index (χ0v) is 13.7. The molecule has 0 amide bonds. The van der Waals surface area contributed by atoms with Crippen LogP contribution in [0.4, 0.5) is 0 Å². The number of hydrogen-bond donors (Lipinski definition) is 1. The molecule has 3 aromatic heterocycles. The average molecular weight is 349 g/mol. The second-order valence-corrected chi connectivity index (χ2v) is 5.69. The molecule has 0 aliphatic rings. The number of nitrogens with zero attached hydrogens (tertiary/aromatic N) is 4. The highest BCUT2D eigenvalue weighted by Gasteiger charge is 2.12. The van der Waals surface area contributed by atoms with Gasteiger partial charge < -0.3 is 4.42 Å². The Morgan fingerprint density at radius 3 is 2.62 bits per heavy atom. The fourth-order valence-electron chi connectivity index (χ4n) is 2.72. The van der Waals surface area contributed by atoms with Crippen molar-refractivity contribution in [2.24, 2.45) is 0 Å². The van der Waals surface area contributed by atoms with Gasteiger partial charge in [-0.05, 0) is 12.1 Å². The van der Waals surface area contributed by atoms with Crippen LogP contribution in [0.2, 0.25) is 0 Å². The van der Waals surface area contributed by atoms with Gasteiger partial charge >= 0.3 is 0 Å². The topological polar surface area (TPSA) is 98.7 Å². The van der Waals surface area contributed by atoms with Gasteiger partial charge in [-0.25, -0.2) is 4.68 Å². The molecule has 130 valence electrons. The summed E-state index contributed by atoms with van der Waals surface area (Å²) in [5.74, 6) is 0.753. The van der Waals surface area contributed by atoms with Crippen molar-refractivity contribution in [3.05, 3.63) is 81.7 Å². The molecule has 26 heavy (non-hydrogen) atoms. The third kappa shape index (κ3) is 3.12. The molecule has 0 unspecified atom stereocenters. The molecule has 1 N–H and O–H groups in total. The van der Waals surface area contributed by atoms with Crippen molar-refractivity contribution in [2.45, 2.75) is 13.1 Å². The highest BCUT2D eigenvalue weighted by Crippen LogP contribution is 2.30. The van der Waals surface area contributed by atoms with E-state index in [9.17, 15) is 9.59 Å². The Labute approximate surface area is 147 Å². The maximum atomic E-state index is 11.7. The zero-order chi connectivity index (χ0) is 17.9. The van der Waals surface area contributed by atoms with Crippen molar-refractivity contribution in [3.63, 3.8) is 0 Å². The highest BCUT2D eigenvalue weighted by molar-refractivity contribution is 5.78. The molecule has 3 heterocycles. The molecule has 0 atom stereocenters. The van der Waals surface area contributed by atoms with Crippen molar-refractivity contribution in [3.8, 4) is 22.6 Å². The van der Waals surface area contributed by atoms with Crippen molar-refractivity contribution >= 4 is 0 Å². The van der Waals surface area contributed by atoms with E-state index in [1.165, 1.54) is 16.8 Å². The molecule has 0 aliphatic carbocycles. The molecule has 0 aliphatic heterocycles. The average Bonchev–Trinajstić information content (AvgIpc) is 3.34. The predicted octanol–water partition coefficient (Wildman–Crippen LogP) is 1.76. The summed E-state index contributed by atoms with van der Waals surface area (Å²) in [6.07, 6.45) is 3.43. The Morgan fingerprint density at radius 2 is 1.81 bits per heavy atom. The summed E-state index contributed by atoms with van der Waals surface area (Å²) >= 11 is 0. The molecule has 0 saturated carbocycles. The summed E-state index contributed by atoms with van der Waals surface area (Å²) < 4.78 is 8.37. The van der Waals surface area contributed by atoms with E-state index in [4.69, 9.17) is 4.42 Å². The lowest BCUT2D eigenvalue weighted by Crippen LogP contribution is -2.29. The third-order valence-electron chi connectivity index (χ3n) is 3.97. The van der Waals surface area contributed by atoms with Crippen molar-refractivity contribution in [2.75, 3.05) is 0 Å². The summed E-state index contributed by atoms with van der Waals surface area (Å²) in [4.78, 5) is 23.1. The van der Waals surface area contributed by atoms with Gasteiger partial charge in [-0.2, -0.15) is 0 Å². The summed E-state index contributed by atoms with van der Waals surface area (Å²) in [5, 5.41) is 10.8. The molecule has 4 aromatic rings. The van der Waals surface area contributed by atoms with Gasteiger partial charge in [0.05, 0.1) is 25.5 Å². The molecular weight excluding hydrogens is 334 g/mol. The first-order chi connectivity index (χ1) is 12.7. The molecule has 0 spiro atoms. The van der Waals surface area contributed by atoms with E-state index in [1.54, 1.807) is 17.1 Å². The van der Waals surface area contributed by atoms with Gasteiger partial charge in [0, 0.05) is 23.3 Å². The smallest absolute Gasteiger partial charge is 0.265 e. The number of benzene rings is 1. The van der Waals surface area contributed by atoms with Crippen LogP contribution in [0.1, 0.15) is 0 Å². The lowest BCUT2D eigenvalue weighted by molar-refractivity contribution is 0.470. The maximum Gasteiger partial charge on any atom is 0.265 e. The zero-order valence-electron chi connectivity index (χ0n) is 13.7. The van der Waals surface area contributed by atoms with E-state index in [0.717, 1.165) is 16.9 Å². The number of aromatic nitrogens is 5. The Morgan fingerprint density at radius 1 is 0.962 bits per heavy atom. The highest BCUT2D eigenvalue weighted by atomic mass is 16.3. The predicted molar refractivity (Wildman–Crippen MR) is 94.5 cm³/mol. The largest absolute Gasteiger partial charge is 0.464 e. The van der Waals surface area contributed by atoms with Crippen molar-refractivity contribution < 1.29 is 4.42 Å². The van der Waals surface area contributed by atoms with Crippen LogP contribution in [0.5, 0.6) is 0 Å². The van der Waals surface area contributed by atoms with Gasteiger partial charge in [-0.15, -0.1) is 5.10 Å². The number of H-pyrrole nitrogens is 1. The molecule has 4 rings (SSSR count). The van der Waals surface area contributed by atoms with Crippen molar-refractivity contribution in [1.29, 1.82) is 0 Å². The Bertz CT molecular complexity index is 1140. The lowest BCUT2D eigenvalue weighted by Gasteiger charge is -2.05. The maximum absolute atomic E-state index is 11.7. The summed E-state index contributed by atoms with van der Waals surface area (Å²) in [6.45, 7) is 0.688. The molecule has 0 saturated heterocycles. The minimum atomic E-state index is -0.323. The first-order valence-electron chi connectivity index (χ1n) is 8.04. The van der Waals surface area contributed by atoms with E-state index in [0.29, 0.717) is 12.2 Å². The van der Waals surface area contributed by atoms with E-state index < -0.39 is 0 Å². The minimum Gasteiger partial charge on any atom is -0.464 e. The van der Waals surface area contributed by atoms with Crippen LogP contribution in [0, 0.1) is 0 Å². The van der Waals surface area contributed by atoms with E-state index >= 15 is 0 Å². The Kier molecular flexibility index (Phi) is 4.06. The second-order valence-electron chi connectivity index (χ2n) is 5.69. The van der Waals surface area contributed by atoms with Gasteiger partial charge in [-0.1, -0.05) is 29.5 Å². The Balaban J connectivity index is 1.59. The number of aromatic amines is 1. The van der Waals surface area contributed by atoms with Crippen LogP contribution in [-0.4, -0.2) is 24.8 Å². The minimum absolute atomic E-state index is 0.270. The van der Waals surface area contributed by atoms with Crippen LogP contribution < -0.4 is 11.1 Å². The molecule has 1 aromatic carbocycles. The van der Waals surface area contributed by atoms with Crippen molar-refractivity contribution in [1.82, 2.24) is 24.8 Å². The first kappa shape index (κ1) is 15.8. The molecule has 0 fully saturated rings. The van der Waals surface area contributed by atoms with Gasteiger partial charge in [0.15, 0.2) is 0 Å². The fourth-order valence-corrected chi connectivity index (χ4v) is 2.72. The quantitative estimate of drug-likeness (QED) is 0.592. The lowest BCUT2D eigenvalue weighted by atomic mass is 10.0. The number of rotatable bonds is 5. The molecule has 8 heteroatoms. The monoisotopic (exact) mass is 349 g/mol. The number of nitrogens with one attached hydrogen (secondary N) is 1. The van der Waals surface area contributed by atoms with Gasteiger partial charge in [0.25, 0.3) is 11.1 Å². The molecule has 8 nitrogen and oxygen atoms in total. The summed E-state index contributed by atoms with van der Waals surface area (Å²) in [7, 11) is 0. The Hall–Kier alpha value is -3.68. The molecule has 0 radical (unpaired) electrons. The van der Waals surface area contributed by atoms with Crippen LogP contribution in [0.3, 0.4) is 0 Å². The van der Waals surface area contributed by atoms with Gasteiger partial charge in [0.1, 0.15) is 11.5 Å². The second kappa shape index (κ2) is 6.67. The van der Waals surface area contributed by atoms with Crippen LogP contribution in [0.15, 0.2) is 75.0 Å². The van der Waals surface area contributed by atoms with E-state index in [-0.39, 0.29) is 17.7 Å². The van der Waals surface area contributed by atoms with Gasteiger partial charge in [0.2, 0.25) is 0 Å².